The number of unbranched alkanes of at least 4 members (excludes halogenated alkanes) is 15. The second-order valence-electron chi connectivity index (χ2n) is 12.8. The zero-order valence-corrected chi connectivity index (χ0v) is 29.2. The van der Waals surface area contributed by atoms with E-state index in [1.165, 1.54) is 96.3 Å². The first-order valence-electron chi connectivity index (χ1n) is 18.1. The average molecular weight is 597 g/mol. The van der Waals surface area contributed by atoms with Crippen LogP contribution in [0.2, 0.25) is 0 Å². The van der Waals surface area contributed by atoms with Crippen molar-refractivity contribution in [3.05, 3.63) is 0 Å². The van der Waals surface area contributed by atoms with Crippen LogP contribution in [0.3, 0.4) is 0 Å². The van der Waals surface area contributed by atoms with Crippen molar-refractivity contribution in [2.75, 3.05) is 6.61 Å². The minimum atomic E-state index is -0.706. The fraction of sp³-hybridized carbons (Fsp3) is 0.919. The topological polar surface area (TPSA) is 80.7 Å². The number of Topliss-reactive ketones (excluding diaryl/α,β-unsaturated/α-hetero) is 1. The number of carboxylic acids is 1. The molecule has 0 aliphatic heterocycles. The SMILES string of the molecule is CCC(C)C(=O)O.CCC(C)C1CCCC1=O.CCCCCCCCCCCCCCCCCCOC(=O)C(C)CC. The molecule has 4 atom stereocenters. The molecule has 0 saturated heterocycles. The summed E-state index contributed by atoms with van der Waals surface area (Å²) in [7, 11) is 0. The highest BCUT2D eigenvalue weighted by atomic mass is 16.5. The van der Waals surface area contributed by atoms with E-state index in [9.17, 15) is 14.4 Å². The van der Waals surface area contributed by atoms with Crippen LogP contribution in [0, 0.1) is 23.7 Å². The van der Waals surface area contributed by atoms with Crippen molar-refractivity contribution >= 4 is 17.7 Å². The van der Waals surface area contributed by atoms with E-state index in [2.05, 4.69) is 20.8 Å². The van der Waals surface area contributed by atoms with Crippen molar-refractivity contribution in [2.24, 2.45) is 23.7 Å². The molecule has 0 aromatic rings. The quantitative estimate of drug-likeness (QED) is 0.0937. The van der Waals surface area contributed by atoms with Gasteiger partial charge in [-0.15, -0.1) is 0 Å². The Morgan fingerprint density at radius 3 is 1.43 bits per heavy atom. The molecule has 5 heteroatoms. The summed E-state index contributed by atoms with van der Waals surface area (Å²) >= 11 is 0. The number of esters is 1. The molecule has 5 nitrogen and oxygen atoms in total. The molecule has 4 unspecified atom stereocenters. The van der Waals surface area contributed by atoms with Crippen molar-refractivity contribution in [3.8, 4) is 0 Å². The van der Waals surface area contributed by atoms with Crippen LogP contribution in [0.4, 0.5) is 0 Å². The van der Waals surface area contributed by atoms with Crippen LogP contribution in [0.1, 0.15) is 190 Å². The van der Waals surface area contributed by atoms with Gasteiger partial charge in [-0.25, -0.2) is 0 Å². The van der Waals surface area contributed by atoms with E-state index >= 15 is 0 Å². The summed E-state index contributed by atoms with van der Waals surface area (Å²) < 4.78 is 5.27. The Kier molecular flexibility index (Phi) is 31.6. The smallest absolute Gasteiger partial charge is 0.308 e. The fourth-order valence-corrected chi connectivity index (χ4v) is 5.04. The molecule has 1 aliphatic rings. The normalized spacial score (nSPS) is 16.5. The monoisotopic (exact) mass is 597 g/mol. The molecule has 250 valence electrons. The van der Waals surface area contributed by atoms with Gasteiger partial charge in [0.25, 0.3) is 0 Å². The largest absolute Gasteiger partial charge is 0.481 e. The van der Waals surface area contributed by atoms with E-state index in [1.807, 2.05) is 20.8 Å². The third-order valence-corrected chi connectivity index (χ3v) is 8.97. The van der Waals surface area contributed by atoms with Crippen LogP contribution in [-0.2, 0) is 19.1 Å². The van der Waals surface area contributed by atoms with Crippen LogP contribution < -0.4 is 0 Å². The van der Waals surface area contributed by atoms with Gasteiger partial charge in [0.15, 0.2) is 0 Å². The molecule has 0 spiro atoms. The molecule has 0 aromatic heterocycles. The number of aliphatic carboxylic acids is 1. The minimum Gasteiger partial charge on any atom is -0.481 e. The number of ketones is 1. The molecule has 0 bridgehead atoms. The summed E-state index contributed by atoms with van der Waals surface area (Å²) in [5.41, 5.74) is 0. The van der Waals surface area contributed by atoms with E-state index in [4.69, 9.17) is 9.84 Å². The molecular formula is C37H72O5. The Morgan fingerprint density at radius 1 is 0.690 bits per heavy atom. The number of hydrogen-bond acceptors (Lipinski definition) is 4. The third kappa shape index (κ3) is 26.3. The molecule has 0 amide bonds. The maximum Gasteiger partial charge on any atom is 0.308 e. The second kappa shape index (κ2) is 31.0. The van der Waals surface area contributed by atoms with E-state index in [1.54, 1.807) is 6.92 Å². The lowest BCUT2D eigenvalue weighted by atomic mass is 9.90. The van der Waals surface area contributed by atoms with Gasteiger partial charge in [-0.05, 0) is 38.0 Å². The lowest BCUT2D eigenvalue weighted by molar-refractivity contribution is -0.148. The number of ether oxygens (including phenoxy) is 1. The molecule has 0 heterocycles. The van der Waals surface area contributed by atoms with Crippen molar-refractivity contribution < 1.29 is 24.2 Å². The number of carboxylic acid groups (broad SMARTS) is 1. The average Bonchev–Trinajstić information content (AvgIpc) is 3.43. The summed E-state index contributed by atoms with van der Waals surface area (Å²) in [5.74, 6) is 0.682. The Bertz CT molecular complexity index is 632. The van der Waals surface area contributed by atoms with Crippen LogP contribution >= 0.6 is 0 Å². The number of carbonyl (C=O) groups excluding carboxylic acids is 2. The highest BCUT2D eigenvalue weighted by molar-refractivity contribution is 5.83. The van der Waals surface area contributed by atoms with Crippen molar-refractivity contribution in [1.29, 1.82) is 0 Å². The molecule has 1 rings (SSSR count). The summed E-state index contributed by atoms with van der Waals surface area (Å²) in [6.45, 7) is 14.8. The summed E-state index contributed by atoms with van der Waals surface area (Å²) in [6.07, 6.45) is 27.8. The molecular weight excluding hydrogens is 524 g/mol. The maximum absolute atomic E-state index is 11.5. The molecule has 0 radical (unpaired) electrons. The summed E-state index contributed by atoms with van der Waals surface area (Å²) in [4.78, 5) is 32.6. The standard InChI is InChI=1S/C23H46O2.C9H16O.C5H10O2/c1-4-6-7-8-9-10-11-12-13-14-15-16-17-18-19-20-21-25-23(24)22(3)5-2;1-3-7(2)8-5-4-6-9(8)10;1-3-4(2)5(6)7/h22H,4-21H2,1-3H3;7-8H,3-6H2,1-2H3;4H,3H2,1-2H3,(H,6,7). The van der Waals surface area contributed by atoms with E-state index in [-0.39, 0.29) is 17.8 Å². The zero-order valence-electron chi connectivity index (χ0n) is 29.2. The van der Waals surface area contributed by atoms with Crippen molar-refractivity contribution in [3.63, 3.8) is 0 Å². The van der Waals surface area contributed by atoms with E-state index in [0.29, 0.717) is 24.2 Å². The van der Waals surface area contributed by atoms with E-state index < -0.39 is 5.97 Å². The molecule has 1 N–H and O–H groups in total. The van der Waals surface area contributed by atoms with E-state index in [0.717, 1.165) is 44.9 Å². The van der Waals surface area contributed by atoms with Gasteiger partial charge in [0.2, 0.25) is 0 Å². The first kappa shape index (κ1) is 42.7. The van der Waals surface area contributed by atoms with Gasteiger partial charge in [0.05, 0.1) is 18.4 Å². The van der Waals surface area contributed by atoms with Gasteiger partial charge >= 0.3 is 11.9 Å². The molecule has 1 aliphatic carbocycles. The van der Waals surface area contributed by atoms with Gasteiger partial charge < -0.3 is 9.84 Å². The van der Waals surface area contributed by atoms with Gasteiger partial charge in [0, 0.05) is 12.3 Å². The van der Waals surface area contributed by atoms with Gasteiger partial charge in [0.1, 0.15) is 5.78 Å². The van der Waals surface area contributed by atoms with Crippen LogP contribution in [0.25, 0.3) is 0 Å². The molecule has 42 heavy (non-hydrogen) atoms. The molecule has 0 aromatic carbocycles. The summed E-state index contributed by atoms with van der Waals surface area (Å²) in [5, 5.41) is 8.18. The predicted molar refractivity (Wildman–Crippen MR) is 179 cm³/mol. The van der Waals surface area contributed by atoms with Gasteiger partial charge in [-0.3, -0.25) is 14.4 Å². The second-order valence-corrected chi connectivity index (χ2v) is 12.8. The van der Waals surface area contributed by atoms with Gasteiger partial charge in [-0.1, -0.05) is 151 Å². The number of rotatable bonds is 23. The van der Waals surface area contributed by atoms with Crippen molar-refractivity contribution in [2.45, 2.75) is 190 Å². The van der Waals surface area contributed by atoms with Crippen LogP contribution in [0.5, 0.6) is 0 Å². The summed E-state index contributed by atoms with van der Waals surface area (Å²) in [6, 6.07) is 0. The molecule has 1 fully saturated rings. The Balaban J connectivity index is 0. The maximum atomic E-state index is 11.5. The lowest BCUT2D eigenvalue weighted by Crippen LogP contribution is -2.14. The number of carbonyl (C=O) groups is 3. The Hall–Kier alpha value is -1.39. The zero-order chi connectivity index (χ0) is 32.0. The first-order valence-corrected chi connectivity index (χ1v) is 18.1. The third-order valence-electron chi connectivity index (χ3n) is 8.97. The lowest BCUT2D eigenvalue weighted by Gasteiger charge is -2.14. The highest BCUT2D eigenvalue weighted by Gasteiger charge is 2.27. The minimum absolute atomic E-state index is 0.0246. The number of hydrogen-bond donors (Lipinski definition) is 1. The predicted octanol–water partition coefficient (Wildman–Crippen LogP) is 11.4. The van der Waals surface area contributed by atoms with Crippen molar-refractivity contribution in [1.82, 2.24) is 0 Å². The highest BCUT2D eigenvalue weighted by Crippen LogP contribution is 2.29. The van der Waals surface area contributed by atoms with Crippen LogP contribution in [0.15, 0.2) is 0 Å². The Labute approximate surface area is 261 Å². The fourth-order valence-electron chi connectivity index (χ4n) is 5.04. The molecule has 1 saturated carbocycles. The Morgan fingerprint density at radius 2 is 1.12 bits per heavy atom. The van der Waals surface area contributed by atoms with Crippen LogP contribution in [-0.4, -0.2) is 29.4 Å². The van der Waals surface area contributed by atoms with Gasteiger partial charge in [-0.2, -0.15) is 0 Å². The first-order chi connectivity index (χ1) is 20.2.